The number of rotatable bonds is 5. The molecule has 15 heavy (non-hydrogen) atoms. The summed E-state index contributed by atoms with van der Waals surface area (Å²) in [7, 11) is 0. The summed E-state index contributed by atoms with van der Waals surface area (Å²) in [4.78, 5) is 4.15. The van der Waals surface area contributed by atoms with E-state index >= 15 is 0 Å². The van der Waals surface area contributed by atoms with E-state index in [1.54, 1.807) is 0 Å². The van der Waals surface area contributed by atoms with Crippen molar-refractivity contribution in [2.45, 2.75) is 39.2 Å². The molecule has 2 heteroatoms. The van der Waals surface area contributed by atoms with Crippen LogP contribution >= 0.6 is 0 Å². The SMILES string of the molecule is CCC1(CNC(C)c2cccnc2)CC1. The van der Waals surface area contributed by atoms with Crippen LogP contribution in [0.5, 0.6) is 0 Å². The molecular formula is C13H20N2. The quantitative estimate of drug-likeness (QED) is 0.797. The van der Waals surface area contributed by atoms with E-state index in [2.05, 4.69) is 30.2 Å². The van der Waals surface area contributed by atoms with Crippen LogP contribution in [0.3, 0.4) is 0 Å². The number of nitrogens with one attached hydrogen (secondary N) is 1. The molecule has 1 fully saturated rings. The Morgan fingerprint density at radius 2 is 2.33 bits per heavy atom. The summed E-state index contributed by atoms with van der Waals surface area (Å²) in [5.41, 5.74) is 1.90. The van der Waals surface area contributed by atoms with Gasteiger partial charge in [-0.3, -0.25) is 4.98 Å². The molecule has 2 nitrogen and oxygen atoms in total. The summed E-state index contributed by atoms with van der Waals surface area (Å²) in [5, 5.41) is 3.61. The van der Waals surface area contributed by atoms with E-state index in [-0.39, 0.29) is 0 Å². The monoisotopic (exact) mass is 204 g/mol. The normalized spacial score (nSPS) is 19.9. The predicted molar refractivity (Wildman–Crippen MR) is 62.6 cm³/mol. The minimum absolute atomic E-state index is 0.419. The van der Waals surface area contributed by atoms with Gasteiger partial charge in [0.2, 0.25) is 0 Å². The van der Waals surface area contributed by atoms with Crippen LogP contribution in [-0.2, 0) is 0 Å². The minimum Gasteiger partial charge on any atom is -0.310 e. The van der Waals surface area contributed by atoms with Crippen LogP contribution in [0.1, 0.15) is 44.7 Å². The van der Waals surface area contributed by atoms with Gasteiger partial charge in [-0.1, -0.05) is 13.0 Å². The van der Waals surface area contributed by atoms with Crippen LogP contribution in [0.15, 0.2) is 24.5 Å². The van der Waals surface area contributed by atoms with Crippen LogP contribution in [0, 0.1) is 5.41 Å². The van der Waals surface area contributed by atoms with Gasteiger partial charge < -0.3 is 5.32 Å². The maximum absolute atomic E-state index is 4.15. The molecule has 1 aromatic heterocycles. The Morgan fingerprint density at radius 1 is 1.53 bits per heavy atom. The minimum atomic E-state index is 0.419. The highest BCUT2D eigenvalue weighted by Gasteiger charge is 2.40. The Kier molecular flexibility index (Phi) is 3.06. The maximum atomic E-state index is 4.15. The predicted octanol–water partition coefficient (Wildman–Crippen LogP) is 2.92. The van der Waals surface area contributed by atoms with Crippen molar-refractivity contribution in [3.63, 3.8) is 0 Å². The molecule has 0 spiro atoms. The van der Waals surface area contributed by atoms with Gasteiger partial charge in [0.25, 0.3) is 0 Å². The van der Waals surface area contributed by atoms with Gasteiger partial charge in [-0.25, -0.2) is 0 Å². The summed E-state index contributed by atoms with van der Waals surface area (Å²) in [5.74, 6) is 0. The van der Waals surface area contributed by atoms with Gasteiger partial charge in [0.05, 0.1) is 0 Å². The second-order valence-electron chi connectivity index (χ2n) is 4.74. The highest BCUT2D eigenvalue weighted by molar-refractivity contribution is 5.13. The molecule has 0 bridgehead atoms. The highest BCUT2D eigenvalue weighted by atomic mass is 14.9. The van der Waals surface area contributed by atoms with E-state index in [0.717, 1.165) is 6.54 Å². The van der Waals surface area contributed by atoms with E-state index in [1.807, 2.05) is 18.5 Å². The second kappa shape index (κ2) is 4.31. The van der Waals surface area contributed by atoms with Gasteiger partial charge in [-0.15, -0.1) is 0 Å². The summed E-state index contributed by atoms with van der Waals surface area (Å²) in [6.45, 7) is 5.66. The average Bonchev–Trinajstić information content (AvgIpc) is 3.08. The molecule has 1 unspecified atom stereocenters. The summed E-state index contributed by atoms with van der Waals surface area (Å²) in [6.07, 6.45) is 7.88. The van der Waals surface area contributed by atoms with Crippen molar-refractivity contribution in [2.75, 3.05) is 6.54 Å². The van der Waals surface area contributed by atoms with Gasteiger partial charge in [0.1, 0.15) is 0 Å². The molecule has 1 atom stereocenters. The largest absolute Gasteiger partial charge is 0.310 e. The first-order valence-corrected chi connectivity index (χ1v) is 5.89. The fraction of sp³-hybridized carbons (Fsp3) is 0.615. The van der Waals surface area contributed by atoms with E-state index in [0.29, 0.717) is 11.5 Å². The van der Waals surface area contributed by atoms with Crippen LogP contribution < -0.4 is 5.32 Å². The lowest BCUT2D eigenvalue weighted by Crippen LogP contribution is -2.26. The topological polar surface area (TPSA) is 24.9 Å². The Balaban J connectivity index is 1.85. The maximum Gasteiger partial charge on any atom is 0.0315 e. The summed E-state index contributed by atoms with van der Waals surface area (Å²) in [6, 6.07) is 4.55. The molecule has 1 saturated carbocycles. The van der Waals surface area contributed by atoms with Gasteiger partial charge in [-0.05, 0) is 43.2 Å². The standard InChI is InChI=1S/C13H20N2/c1-3-13(6-7-13)10-15-11(2)12-5-4-8-14-9-12/h4-5,8-9,11,15H,3,6-7,10H2,1-2H3. The summed E-state index contributed by atoms with van der Waals surface area (Å²) >= 11 is 0. The van der Waals surface area contributed by atoms with E-state index in [9.17, 15) is 0 Å². The molecule has 1 N–H and O–H groups in total. The van der Waals surface area contributed by atoms with E-state index < -0.39 is 0 Å². The van der Waals surface area contributed by atoms with Gasteiger partial charge in [-0.2, -0.15) is 0 Å². The third-order valence-electron chi connectivity index (χ3n) is 3.67. The zero-order valence-corrected chi connectivity index (χ0v) is 9.66. The molecule has 1 aromatic rings. The van der Waals surface area contributed by atoms with Crippen LogP contribution in [0.25, 0.3) is 0 Å². The number of hydrogen-bond donors (Lipinski definition) is 1. The van der Waals surface area contributed by atoms with E-state index in [4.69, 9.17) is 0 Å². The molecule has 1 aliphatic rings. The molecule has 82 valence electrons. The number of hydrogen-bond acceptors (Lipinski definition) is 2. The van der Waals surface area contributed by atoms with Gasteiger partial charge in [0, 0.05) is 25.0 Å². The van der Waals surface area contributed by atoms with Crippen molar-refractivity contribution in [1.82, 2.24) is 10.3 Å². The molecular weight excluding hydrogens is 184 g/mol. The highest BCUT2D eigenvalue weighted by Crippen LogP contribution is 2.48. The third kappa shape index (κ3) is 2.57. The van der Waals surface area contributed by atoms with Crippen LogP contribution in [0.2, 0.25) is 0 Å². The lowest BCUT2D eigenvalue weighted by molar-refractivity contribution is 0.415. The lowest BCUT2D eigenvalue weighted by Gasteiger charge is -2.18. The molecule has 2 rings (SSSR count). The Bertz CT molecular complexity index is 304. The first-order valence-electron chi connectivity index (χ1n) is 5.89. The Labute approximate surface area is 92.1 Å². The van der Waals surface area contributed by atoms with Gasteiger partial charge >= 0.3 is 0 Å². The van der Waals surface area contributed by atoms with Crippen LogP contribution in [0.4, 0.5) is 0 Å². The zero-order valence-electron chi connectivity index (χ0n) is 9.66. The molecule has 1 heterocycles. The van der Waals surface area contributed by atoms with Gasteiger partial charge in [0.15, 0.2) is 0 Å². The molecule has 0 radical (unpaired) electrons. The van der Waals surface area contributed by atoms with Crippen LogP contribution in [-0.4, -0.2) is 11.5 Å². The fourth-order valence-corrected chi connectivity index (χ4v) is 1.95. The molecule has 0 aliphatic heterocycles. The first-order chi connectivity index (χ1) is 7.26. The van der Waals surface area contributed by atoms with Crippen molar-refractivity contribution >= 4 is 0 Å². The summed E-state index contributed by atoms with van der Waals surface area (Å²) < 4.78 is 0. The number of pyridine rings is 1. The molecule has 0 amide bonds. The van der Waals surface area contributed by atoms with Crippen molar-refractivity contribution in [3.8, 4) is 0 Å². The Morgan fingerprint density at radius 3 is 2.87 bits per heavy atom. The zero-order chi connectivity index (χ0) is 10.7. The van der Waals surface area contributed by atoms with Crippen molar-refractivity contribution in [3.05, 3.63) is 30.1 Å². The average molecular weight is 204 g/mol. The third-order valence-corrected chi connectivity index (χ3v) is 3.67. The first kappa shape index (κ1) is 10.6. The fourth-order valence-electron chi connectivity index (χ4n) is 1.95. The number of nitrogens with zero attached hydrogens (tertiary/aromatic N) is 1. The van der Waals surface area contributed by atoms with E-state index in [1.165, 1.54) is 24.8 Å². The van der Waals surface area contributed by atoms with Crippen molar-refractivity contribution in [2.24, 2.45) is 5.41 Å². The molecule has 0 aromatic carbocycles. The molecule has 0 saturated heterocycles. The van der Waals surface area contributed by atoms with Crippen molar-refractivity contribution < 1.29 is 0 Å². The van der Waals surface area contributed by atoms with Crippen molar-refractivity contribution in [1.29, 1.82) is 0 Å². The second-order valence-corrected chi connectivity index (χ2v) is 4.74. The number of aromatic nitrogens is 1. The lowest BCUT2D eigenvalue weighted by atomic mass is 10.0. The Hall–Kier alpha value is -0.890. The smallest absolute Gasteiger partial charge is 0.0315 e. The molecule has 1 aliphatic carbocycles.